The van der Waals surface area contributed by atoms with E-state index in [0.29, 0.717) is 12.0 Å². The normalized spacial score (nSPS) is 14.4. The summed E-state index contributed by atoms with van der Waals surface area (Å²) in [5, 5.41) is 0. The van der Waals surface area contributed by atoms with Gasteiger partial charge in [-0.25, -0.2) is 9.36 Å². The van der Waals surface area contributed by atoms with Crippen LogP contribution in [0, 0.1) is 5.92 Å². The van der Waals surface area contributed by atoms with Gasteiger partial charge in [-0.3, -0.25) is 0 Å². The van der Waals surface area contributed by atoms with Crippen molar-refractivity contribution in [3.8, 4) is 0 Å². The van der Waals surface area contributed by atoms with Crippen molar-refractivity contribution in [1.82, 2.24) is 9.47 Å². The molecule has 1 aromatic heterocycles. The van der Waals surface area contributed by atoms with Crippen molar-refractivity contribution >= 4 is 6.03 Å². The second-order valence-electron chi connectivity index (χ2n) is 5.38. The molecule has 18 heavy (non-hydrogen) atoms. The van der Waals surface area contributed by atoms with Gasteiger partial charge in [-0.15, -0.1) is 0 Å². The number of nitrogens with zero attached hydrogens (tertiary/aromatic N) is 3. The fourth-order valence-corrected chi connectivity index (χ4v) is 1.93. The number of rotatable bonds is 4. The summed E-state index contributed by atoms with van der Waals surface area (Å²) in [7, 11) is 1.93. The molecule has 1 fully saturated rings. The van der Waals surface area contributed by atoms with Crippen LogP contribution >= 0.6 is 0 Å². The number of halogens is 1. The van der Waals surface area contributed by atoms with Crippen LogP contribution in [0.2, 0.25) is 0 Å². The number of carbonyl (C=O) groups is 1. The van der Waals surface area contributed by atoms with Crippen molar-refractivity contribution in [3.63, 3.8) is 0 Å². The van der Waals surface area contributed by atoms with E-state index in [9.17, 15) is 4.79 Å². The van der Waals surface area contributed by atoms with Gasteiger partial charge >= 0.3 is 6.03 Å². The van der Waals surface area contributed by atoms with E-state index in [-0.39, 0.29) is 30.0 Å². The molecule has 0 bridgehead atoms. The number of aromatic nitrogens is 2. The summed E-state index contributed by atoms with van der Waals surface area (Å²) in [6.45, 7) is 5.28. The molecule has 1 aliphatic rings. The highest BCUT2D eigenvalue weighted by Crippen LogP contribution is 2.28. The maximum atomic E-state index is 12.3. The summed E-state index contributed by atoms with van der Waals surface area (Å²) in [6.07, 6.45) is 8.95. The van der Waals surface area contributed by atoms with Gasteiger partial charge in [0.15, 0.2) is 0 Å². The molecular weight excluding hydrogens is 341 g/mol. The minimum atomic E-state index is 0. The van der Waals surface area contributed by atoms with Gasteiger partial charge in [0.1, 0.15) is 12.4 Å². The first-order valence-electron chi connectivity index (χ1n) is 6.42. The molecule has 0 spiro atoms. The molecule has 0 aromatic carbocycles. The highest BCUT2D eigenvalue weighted by atomic mass is 127. The predicted molar refractivity (Wildman–Crippen MR) is 65.6 cm³/mol. The average Bonchev–Trinajstić information content (AvgIpc) is 3.00. The second kappa shape index (κ2) is 6.54. The van der Waals surface area contributed by atoms with E-state index in [1.807, 2.05) is 35.2 Å². The monoisotopic (exact) mass is 363 g/mol. The van der Waals surface area contributed by atoms with E-state index in [0.717, 1.165) is 25.8 Å². The fourth-order valence-electron chi connectivity index (χ4n) is 1.93. The van der Waals surface area contributed by atoms with Gasteiger partial charge < -0.3 is 28.9 Å². The van der Waals surface area contributed by atoms with Crippen LogP contribution < -0.4 is 28.5 Å². The molecule has 1 aromatic rings. The van der Waals surface area contributed by atoms with E-state index in [1.165, 1.54) is 0 Å². The molecule has 5 heteroatoms. The van der Waals surface area contributed by atoms with Crippen LogP contribution in [0.4, 0.5) is 4.79 Å². The molecule has 0 radical (unpaired) electrons. The molecule has 0 N–H and O–H groups in total. The standard InChI is InChI=1S/C13H22N3O.HI/c1-11(2)6-7-16(12-4-5-12)13(17)15-9-8-14(3)10-15;/h8-12H,4-7H2,1-3H3;1H/q+1;/p-1. The van der Waals surface area contributed by atoms with Gasteiger partial charge in [-0.1, -0.05) is 13.8 Å². The molecule has 0 aliphatic heterocycles. The van der Waals surface area contributed by atoms with Gasteiger partial charge in [0.25, 0.3) is 6.33 Å². The largest absolute Gasteiger partial charge is 1.00 e. The van der Waals surface area contributed by atoms with Crippen LogP contribution in [-0.2, 0) is 7.05 Å². The van der Waals surface area contributed by atoms with E-state index in [2.05, 4.69) is 13.8 Å². The van der Waals surface area contributed by atoms with Gasteiger partial charge in [0.2, 0.25) is 0 Å². The second-order valence-corrected chi connectivity index (χ2v) is 5.38. The van der Waals surface area contributed by atoms with Crippen LogP contribution in [0.15, 0.2) is 18.7 Å². The highest BCUT2D eigenvalue weighted by molar-refractivity contribution is 5.77. The fraction of sp³-hybridized carbons (Fsp3) is 0.692. The van der Waals surface area contributed by atoms with E-state index < -0.39 is 0 Å². The van der Waals surface area contributed by atoms with Gasteiger partial charge in [0, 0.05) is 12.6 Å². The Morgan fingerprint density at radius 2 is 2.17 bits per heavy atom. The molecule has 102 valence electrons. The Bertz CT molecular complexity index is 399. The SMILES string of the molecule is CC(C)CCN(C(=O)n1cc[n+](C)c1)C1CC1.[I-]. The maximum Gasteiger partial charge on any atom is 0.416 e. The number of amides is 1. The predicted octanol–water partition coefficient (Wildman–Crippen LogP) is -1.20. The Balaban J connectivity index is 0.00000162. The molecule has 1 heterocycles. The van der Waals surface area contributed by atoms with Crippen molar-refractivity contribution in [3.05, 3.63) is 18.7 Å². The molecule has 0 atom stereocenters. The highest BCUT2D eigenvalue weighted by Gasteiger charge is 2.35. The smallest absolute Gasteiger partial charge is 0.416 e. The van der Waals surface area contributed by atoms with E-state index in [4.69, 9.17) is 0 Å². The molecule has 1 saturated carbocycles. The van der Waals surface area contributed by atoms with Crippen molar-refractivity contribution in [2.24, 2.45) is 13.0 Å². The molecular formula is C13H22IN3O. The quantitative estimate of drug-likeness (QED) is 0.488. The number of hydrogen-bond donors (Lipinski definition) is 0. The lowest BCUT2D eigenvalue weighted by atomic mass is 10.1. The molecule has 1 amide bonds. The third-order valence-electron chi connectivity index (χ3n) is 3.17. The zero-order chi connectivity index (χ0) is 12.4. The minimum Gasteiger partial charge on any atom is -1.00 e. The van der Waals surface area contributed by atoms with Crippen LogP contribution in [0.3, 0.4) is 0 Å². The maximum absolute atomic E-state index is 12.3. The zero-order valence-electron chi connectivity index (χ0n) is 11.3. The number of imidazole rings is 1. The lowest BCUT2D eigenvalue weighted by Gasteiger charge is -2.20. The summed E-state index contributed by atoms with van der Waals surface area (Å²) >= 11 is 0. The van der Waals surface area contributed by atoms with Crippen LogP contribution in [0.1, 0.15) is 33.1 Å². The number of hydrogen-bond acceptors (Lipinski definition) is 1. The molecule has 1 aliphatic carbocycles. The van der Waals surface area contributed by atoms with Crippen molar-refractivity contribution in [2.75, 3.05) is 6.54 Å². The Hall–Kier alpha value is -0.590. The summed E-state index contributed by atoms with van der Waals surface area (Å²) in [5.74, 6) is 0.643. The van der Waals surface area contributed by atoms with Gasteiger partial charge in [0.05, 0.1) is 7.05 Å². The Morgan fingerprint density at radius 3 is 2.61 bits per heavy atom. The minimum absolute atomic E-state index is 0. The first-order valence-corrected chi connectivity index (χ1v) is 6.42. The van der Waals surface area contributed by atoms with Crippen LogP contribution in [-0.4, -0.2) is 28.1 Å². The summed E-state index contributed by atoms with van der Waals surface area (Å²) in [6, 6.07) is 0.600. The van der Waals surface area contributed by atoms with Gasteiger partial charge in [-0.2, -0.15) is 4.57 Å². The molecule has 0 unspecified atom stereocenters. The third-order valence-corrected chi connectivity index (χ3v) is 3.17. The van der Waals surface area contributed by atoms with E-state index in [1.54, 1.807) is 4.57 Å². The Labute approximate surface area is 126 Å². The summed E-state index contributed by atoms with van der Waals surface area (Å²) in [5.41, 5.74) is 0. The summed E-state index contributed by atoms with van der Waals surface area (Å²) in [4.78, 5) is 14.4. The molecule has 0 saturated heterocycles. The first kappa shape index (κ1) is 15.5. The van der Waals surface area contributed by atoms with Gasteiger partial charge in [-0.05, 0) is 25.2 Å². The lowest BCUT2D eigenvalue weighted by Crippen LogP contribution is -3.00. The topological polar surface area (TPSA) is 29.1 Å². The number of aryl methyl sites for hydroxylation is 1. The van der Waals surface area contributed by atoms with Crippen LogP contribution in [0.25, 0.3) is 0 Å². The third kappa shape index (κ3) is 3.96. The lowest BCUT2D eigenvalue weighted by molar-refractivity contribution is -0.670. The average molecular weight is 363 g/mol. The number of carbonyl (C=O) groups excluding carboxylic acids is 1. The van der Waals surface area contributed by atoms with Crippen molar-refractivity contribution < 1.29 is 33.3 Å². The Morgan fingerprint density at radius 1 is 1.50 bits per heavy atom. The zero-order valence-corrected chi connectivity index (χ0v) is 13.5. The van der Waals surface area contributed by atoms with Crippen LogP contribution in [0.5, 0.6) is 0 Å². The summed E-state index contributed by atoms with van der Waals surface area (Å²) < 4.78 is 3.57. The Kier molecular flexibility index (Phi) is 5.62. The molecule has 2 rings (SSSR count). The van der Waals surface area contributed by atoms with Crippen molar-refractivity contribution in [1.29, 1.82) is 0 Å². The van der Waals surface area contributed by atoms with Crippen molar-refractivity contribution in [2.45, 2.75) is 39.2 Å². The van der Waals surface area contributed by atoms with E-state index >= 15 is 0 Å². The first-order chi connectivity index (χ1) is 8.08. The molecule has 4 nitrogen and oxygen atoms in total.